The Kier molecular flexibility index (Phi) is 10.9. The van der Waals surface area contributed by atoms with Gasteiger partial charge in [-0.2, -0.15) is 5.10 Å². The van der Waals surface area contributed by atoms with Crippen LogP contribution in [0.15, 0.2) is 53.4 Å². The van der Waals surface area contributed by atoms with E-state index in [2.05, 4.69) is 68.4 Å². The SMILES string of the molecule is CCn1nc(C2CC2)cc1Nc1nc(C(=O)NCCCn2cnc(CCCNc3cccc4c3CN(C3CCC(=O)NC3=O)C4=O)c2)nc2[nH]c3cc(-c4c(C)noc4C)c(C)cc3c12. The van der Waals surface area contributed by atoms with E-state index >= 15 is 0 Å². The van der Waals surface area contributed by atoms with Crippen LogP contribution in [0, 0.1) is 20.8 Å². The van der Waals surface area contributed by atoms with E-state index in [-0.39, 0.29) is 30.0 Å². The Hall–Kier alpha value is -7.37. The second-order valence-electron chi connectivity index (χ2n) is 17.3. The molecule has 2 aromatic carbocycles. The minimum absolute atomic E-state index is 0.0522. The maximum atomic E-state index is 13.7. The molecule has 1 atom stereocenters. The van der Waals surface area contributed by atoms with Gasteiger partial charge in [0.15, 0.2) is 0 Å². The van der Waals surface area contributed by atoms with Crippen LogP contribution in [0.5, 0.6) is 0 Å². The summed E-state index contributed by atoms with van der Waals surface area (Å²) in [6, 6.07) is 11.2. The third kappa shape index (κ3) is 8.08. The van der Waals surface area contributed by atoms with Crippen LogP contribution >= 0.6 is 0 Å². The number of amides is 4. The lowest BCUT2D eigenvalue weighted by atomic mass is 9.97. The number of aromatic amines is 1. The van der Waals surface area contributed by atoms with Crippen molar-refractivity contribution in [3.8, 4) is 11.1 Å². The quantitative estimate of drug-likeness (QED) is 0.0529. The van der Waals surface area contributed by atoms with E-state index in [9.17, 15) is 19.2 Å². The lowest BCUT2D eigenvalue weighted by Crippen LogP contribution is -2.52. The summed E-state index contributed by atoms with van der Waals surface area (Å²) in [6.07, 6.45) is 8.88. The van der Waals surface area contributed by atoms with Crippen molar-refractivity contribution in [2.24, 2.45) is 0 Å². The summed E-state index contributed by atoms with van der Waals surface area (Å²) < 4.78 is 9.47. The van der Waals surface area contributed by atoms with Gasteiger partial charge in [-0.15, -0.1) is 0 Å². The minimum Gasteiger partial charge on any atom is -0.385 e. The average molecular weight is 878 g/mol. The lowest BCUT2D eigenvalue weighted by molar-refractivity contribution is -0.136. The smallest absolute Gasteiger partial charge is 0.289 e. The van der Waals surface area contributed by atoms with Gasteiger partial charge in [0.25, 0.3) is 11.8 Å². The zero-order valence-corrected chi connectivity index (χ0v) is 36.9. The third-order valence-electron chi connectivity index (χ3n) is 12.7. The first kappa shape index (κ1) is 41.6. The first-order valence-corrected chi connectivity index (χ1v) is 22.4. The topological polar surface area (TPSA) is 223 Å². The van der Waals surface area contributed by atoms with E-state index in [1.807, 2.05) is 47.8 Å². The average Bonchev–Trinajstić information content (AvgIpc) is 3.54. The van der Waals surface area contributed by atoms with Crippen molar-refractivity contribution in [3.05, 3.63) is 94.3 Å². The predicted molar refractivity (Wildman–Crippen MR) is 243 cm³/mol. The normalized spacial score (nSPS) is 16.2. The monoisotopic (exact) mass is 877 g/mol. The summed E-state index contributed by atoms with van der Waals surface area (Å²) in [6.45, 7) is 10.7. The second-order valence-corrected chi connectivity index (χ2v) is 17.3. The standard InChI is InChI=1S/C47H51N13O5/c1-5-60-38(21-35(56-60)28-12-13-28)52-43-41-32-19-25(2)31(40-26(3)57-65-27(40)4)20-36(32)51-42(41)54-44(55-43)46(63)49-17-8-18-58-22-29(50-24-58)9-7-16-48-34-11-6-10-30-33(34)23-59(47(30)64)37-14-15-39(61)53-45(37)62/h6,10-11,19-22,24,28,37,48H,5,7-9,12-18,23H2,1-4H3,(H,49,63)(H,53,61,62)(H2,51,52,54,55). The summed E-state index contributed by atoms with van der Waals surface area (Å²) >= 11 is 0. The van der Waals surface area contributed by atoms with Crippen LogP contribution in [-0.2, 0) is 35.6 Å². The fourth-order valence-corrected chi connectivity index (χ4v) is 9.20. The zero-order valence-electron chi connectivity index (χ0n) is 36.9. The molecule has 0 bridgehead atoms. The van der Waals surface area contributed by atoms with Crippen LogP contribution in [0.25, 0.3) is 33.1 Å². The van der Waals surface area contributed by atoms with Crippen molar-refractivity contribution in [1.29, 1.82) is 0 Å². The summed E-state index contributed by atoms with van der Waals surface area (Å²) in [4.78, 5) is 70.4. The van der Waals surface area contributed by atoms with Gasteiger partial charge in [-0.3, -0.25) is 24.5 Å². The third-order valence-corrected chi connectivity index (χ3v) is 12.7. The molecule has 2 fully saturated rings. The highest BCUT2D eigenvalue weighted by molar-refractivity contribution is 6.13. The van der Waals surface area contributed by atoms with Crippen LogP contribution in [-0.4, -0.2) is 87.1 Å². The molecule has 2 aliphatic heterocycles. The zero-order chi connectivity index (χ0) is 44.9. The van der Waals surface area contributed by atoms with E-state index in [1.54, 1.807) is 11.0 Å². The van der Waals surface area contributed by atoms with Gasteiger partial charge in [0.2, 0.25) is 17.6 Å². The number of carbonyl (C=O) groups is 4. The number of nitrogens with zero attached hydrogens (tertiary/aromatic N) is 8. The van der Waals surface area contributed by atoms with Crippen LogP contribution in [0.1, 0.15) is 106 Å². The van der Waals surface area contributed by atoms with Crippen molar-refractivity contribution in [2.45, 2.75) is 104 Å². The maximum Gasteiger partial charge on any atom is 0.289 e. The second kappa shape index (κ2) is 17.0. The Balaban J connectivity index is 0.775. The van der Waals surface area contributed by atoms with Gasteiger partial charge in [-0.1, -0.05) is 11.2 Å². The number of anilines is 3. The molecule has 3 aliphatic rings. The van der Waals surface area contributed by atoms with Gasteiger partial charge in [0, 0.05) is 90.6 Å². The number of rotatable bonds is 16. The van der Waals surface area contributed by atoms with Gasteiger partial charge in [-0.05, 0) is 102 Å². The van der Waals surface area contributed by atoms with Gasteiger partial charge < -0.3 is 34.9 Å². The summed E-state index contributed by atoms with van der Waals surface area (Å²) in [5, 5.41) is 23.2. The molecule has 10 rings (SSSR count). The maximum absolute atomic E-state index is 13.7. The molecular formula is C47H51N13O5. The van der Waals surface area contributed by atoms with E-state index in [4.69, 9.17) is 19.6 Å². The van der Waals surface area contributed by atoms with Gasteiger partial charge in [0.05, 0.1) is 28.8 Å². The van der Waals surface area contributed by atoms with Crippen LogP contribution in [0.3, 0.4) is 0 Å². The highest BCUT2D eigenvalue weighted by atomic mass is 16.5. The molecule has 5 N–H and O–H groups in total. The largest absolute Gasteiger partial charge is 0.385 e. The number of imide groups is 1. The first-order valence-electron chi connectivity index (χ1n) is 22.4. The molecule has 4 amide bonds. The van der Waals surface area contributed by atoms with Gasteiger partial charge in [-0.25, -0.2) is 19.6 Å². The van der Waals surface area contributed by atoms with E-state index in [0.29, 0.717) is 68.5 Å². The molecule has 1 aliphatic carbocycles. The number of carbonyl (C=O) groups excluding carboxylic acids is 4. The molecule has 1 saturated carbocycles. The highest BCUT2D eigenvalue weighted by Crippen LogP contribution is 2.42. The Bertz CT molecular complexity index is 3010. The molecular weight excluding hydrogens is 827 g/mol. The Morgan fingerprint density at radius 1 is 1.00 bits per heavy atom. The number of piperidine rings is 1. The molecule has 5 aromatic heterocycles. The van der Waals surface area contributed by atoms with Crippen molar-refractivity contribution in [1.82, 2.24) is 55.0 Å². The fraction of sp³-hybridized carbons (Fsp3) is 0.383. The van der Waals surface area contributed by atoms with E-state index in [1.165, 1.54) is 0 Å². The van der Waals surface area contributed by atoms with Crippen molar-refractivity contribution >= 4 is 62.9 Å². The Morgan fingerprint density at radius 3 is 2.65 bits per heavy atom. The van der Waals surface area contributed by atoms with Crippen LogP contribution in [0.2, 0.25) is 0 Å². The molecule has 18 heteroatoms. The summed E-state index contributed by atoms with van der Waals surface area (Å²) in [7, 11) is 0. The Labute approximate surface area is 373 Å². The number of H-pyrrole nitrogens is 1. The molecule has 65 heavy (non-hydrogen) atoms. The molecule has 1 saturated heterocycles. The molecule has 1 unspecified atom stereocenters. The van der Waals surface area contributed by atoms with Crippen LogP contribution < -0.4 is 21.3 Å². The first-order chi connectivity index (χ1) is 31.5. The van der Waals surface area contributed by atoms with Crippen molar-refractivity contribution in [2.75, 3.05) is 23.7 Å². The minimum atomic E-state index is -0.651. The van der Waals surface area contributed by atoms with E-state index < -0.39 is 11.9 Å². The highest BCUT2D eigenvalue weighted by Gasteiger charge is 2.40. The molecule has 0 spiro atoms. The number of aromatic nitrogens is 8. The van der Waals surface area contributed by atoms with E-state index in [0.717, 1.165) is 98.6 Å². The molecule has 0 radical (unpaired) electrons. The number of imidazole rings is 1. The molecule has 7 heterocycles. The number of benzene rings is 2. The fourth-order valence-electron chi connectivity index (χ4n) is 9.20. The number of fused-ring (bicyclic) bond motifs is 4. The van der Waals surface area contributed by atoms with Gasteiger partial charge in [0.1, 0.15) is 29.1 Å². The van der Waals surface area contributed by atoms with Crippen molar-refractivity contribution < 1.29 is 23.7 Å². The molecule has 334 valence electrons. The Morgan fingerprint density at radius 2 is 1.86 bits per heavy atom. The summed E-state index contributed by atoms with van der Waals surface area (Å²) in [5.41, 5.74) is 9.55. The van der Waals surface area contributed by atoms with Crippen molar-refractivity contribution in [3.63, 3.8) is 0 Å². The number of hydrogen-bond acceptors (Lipinski definition) is 12. The molecule has 18 nitrogen and oxygen atoms in total. The number of nitrogens with one attached hydrogen (secondary N) is 5. The number of aryl methyl sites for hydroxylation is 6. The predicted octanol–water partition coefficient (Wildman–Crippen LogP) is 6.35. The summed E-state index contributed by atoms with van der Waals surface area (Å²) in [5.74, 6) is 1.32. The van der Waals surface area contributed by atoms with Crippen LogP contribution in [0.4, 0.5) is 17.3 Å². The molecule has 7 aromatic rings. The number of hydrogen-bond donors (Lipinski definition) is 5. The lowest BCUT2D eigenvalue weighted by Gasteiger charge is -2.29. The van der Waals surface area contributed by atoms with Gasteiger partial charge >= 0.3 is 0 Å².